The van der Waals surface area contributed by atoms with E-state index in [9.17, 15) is 9.90 Å². The maximum Gasteiger partial charge on any atom is 0.342 e. The summed E-state index contributed by atoms with van der Waals surface area (Å²) in [5, 5.41) is 12.2. The van der Waals surface area contributed by atoms with Crippen molar-refractivity contribution < 1.29 is 28.8 Å². The van der Waals surface area contributed by atoms with Crippen LogP contribution in [0.1, 0.15) is 27.0 Å². The molecule has 1 aliphatic rings. The summed E-state index contributed by atoms with van der Waals surface area (Å²) in [5.41, 5.74) is 1.24. The fraction of sp³-hybridized carbons (Fsp3) is 0.138. The Labute approximate surface area is 202 Å². The highest BCUT2D eigenvalue weighted by Gasteiger charge is 2.40. The smallest absolute Gasteiger partial charge is 0.342 e. The molecule has 176 valence electrons. The monoisotopic (exact) mass is 468 g/mol. The zero-order valence-electron chi connectivity index (χ0n) is 19.6. The number of aromatic hydroxyl groups is 1. The van der Waals surface area contributed by atoms with Gasteiger partial charge in [-0.2, -0.15) is 0 Å². The molecule has 1 aliphatic heterocycles. The van der Waals surface area contributed by atoms with Gasteiger partial charge in [0.1, 0.15) is 28.6 Å². The van der Waals surface area contributed by atoms with Crippen molar-refractivity contribution in [1.29, 1.82) is 0 Å². The fourth-order valence-electron chi connectivity index (χ4n) is 4.54. The largest absolute Gasteiger partial charge is 0.506 e. The zero-order valence-corrected chi connectivity index (χ0v) is 19.6. The number of fused-ring (bicyclic) bond motifs is 3. The number of carbonyl (C=O) groups excluding carboxylic acids is 1. The molecule has 4 aromatic carbocycles. The van der Waals surface area contributed by atoms with Gasteiger partial charge in [0, 0.05) is 27.5 Å². The minimum absolute atomic E-state index is 0.0653. The molecule has 0 aliphatic carbocycles. The van der Waals surface area contributed by atoms with Gasteiger partial charge >= 0.3 is 5.97 Å². The maximum atomic E-state index is 12.7. The molecule has 1 N–H and O–H groups in total. The number of hydrogen-bond donors (Lipinski definition) is 1. The molecule has 0 saturated carbocycles. The van der Waals surface area contributed by atoms with Crippen LogP contribution in [0.4, 0.5) is 0 Å². The number of phenolic OH excluding ortho intramolecular Hbond substituents is 1. The molecule has 4 aromatic rings. The molecule has 0 amide bonds. The third-order valence-electron chi connectivity index (χ3n) is 6.35. The van der Waals surface area contributed by atoms with Gasteiger partial charge in [-0.3, -0.25) is 0 Å². The second-order valence-corrected chi connectivity index (χ2v) is 8.13. The number of carbonyl (C=O) groups is 1. The van der Waals surface area contributed by atoms with Crippen LogP contribution >= 0.6 is 0 Å². The second kappa shape index (κ2) is 8.72. The number of phenols is 1. The number of ether oxygens (including phenoxy) is 4. The molecular weight excluding hydrogens is 444 g/mol. The van der Waals surface area contributed by atoms with Gasteiger partial charge in [0.2, 0.25) is 0 Å². The second-order valence-electron chi connectivity index (χ2n) is 8.13. The molecule has 6 nitrogen and oxygen atoms in total. The number of esters is 1. The highest BCUT2D eigenvalue weighted by atomic mass is 16.5. The van der Waals surface area contributed by atoms with Crippen LogP contribution in [0.2, 0.25) is 0 Å². The lowest BCUT2D eigenvalue weighted by Crippen LogP contribution is -2.34. The van der Waals surface area contributed by atoms with E-state index < -0.39 is 11.6 Å². The third kappa shape index (κ3) is 3.54. The van der Waals surface area contributed by atoms with E-state index in [0.717, 1.165) is 22.6 Å². The molecular formula is C29H24O6. The summed E-state index contributed by atoms with van der Waals surface area (Å²) in [6.45, 7) is 0. The first kappa shape index (κ1) is 22.3. The van der Waals surface area contributed by atoms with E-state index in [1.807, 2.05) is 72.8 Å². The van der Waals surface area contributed by atoms with Gasteiger partial charge in [-0.1, -0.05) is 48.5 Å². The van der Waals surface area contributed by atoms with Gasteiger partial charge in [0.05, 0.1) is 21.3 Å². The van der Waals surface area contributed by atoms with Gasteiger partial charge in [-0.05, 0) is 36.4 Å². The Kier molecular flexibility index (Phi) is 5.57. The number of hydrogen-bond acceptors (Lipinski definition) is 6. The summed E-state index contributed by atoms with van der Waals surface area (Å²) in [7, 11) is 4.53. The van der Waals surface area contributed by atoms with Crippen molar-refractivity contribution in [3.05, 3.63) is 101 Å². The summed E-state index contributed by atoms with van der Waals surface area (Å²) in [5.74, 6) is 1.15. The van der Waals surface area contributed by atoms with Gasteiger partial charge in [-0.25, -0.2) is 4.79 Å². The maximum absolute atomic E-state index is 12.7. The summed E-state index contributed by atoms with van der Waals surface area (Å²) >= 11 is 0. The van der Waals surface area contributed by atoms with Crippen LogP contribution < -0.4 is 14.2 Å². The summed E-state index contributed by atoms with van der Waals surface area (Å²) in [6.07, 6.45) is 3.70. The molecule has 0 aromatic heterocycles. The summed E-state index contributed by atoms with van der Waals surface area (Å²) in [6, 6.07) is 22.6. The molecule has 0 unspecified atom stereocenters. The number of rotatable bonds is 5. The molecule has 35 heavy (non-hydrogen) atoms. The Bertz CT molecular complexity index is 1390. The lowest BCUT2D eigenvalue weighted by Gasteiger charge is -2.37. The average molecular weight is 469 g/mol. The van der Waals surface area contributed by atoms with E-state index in [1.54, 1.807) is 26.4 Å². The molecule has 0 atom stereocenters. The van der Waals surface area contributed by atoms with Crippen LogP contribution in [0.5, 0.6) is 23.0 Å². The Morgan fingerprint density at radius 1 is 0.800 bits per heavy atom. The van der Waals surface area contributed by atoms with Crippen molar-refractivity contribution in [2.24, 2.45) is 0 Å². The minimum atomic E-state index is -1.02. The van der Waals surface area contributed by atoms with Crippen LogP contribution in [0.3, 0.4) is 0 Å². The first-order chi connectivity index (χ1) is 17.0. The van der Waals surface area contributed by atoms with E-state index in [-0.39, 0.29) is 11.3 Å². The van der Waals surface area contributed by atoms with Crippen molar-refractivity contribution in [3.63, 3.8) is 0 Å². The Morgan fingerprint density at radius 2 is 1.34 bits per heavy atom. The number of benzene rings is 4. The predicted molar refractivity (Wildman–Crippen MR) is 133 cm³/mol. The van der Waals surface area contributed by atoms with Gasteiger partial charge < -0.3 is 24.1 Å². The fourth-order valence-corrected chi connectivity index (χ4v) is 4.54. The molecule has 0 fully saturated rings. The topological polar surface area (TPSA) is 74.2 Å². The third-order valence-corrected chi connectivity index (χ3v) is 6.35. The quantitative estimate of drug-likeness (QED) is 0.379. The van der Waals surface area contributed by atoms with Crippen LogP contribution in [0.25, 0.3) is 16.8 Å². The minimum Gasteiger partial charge on any atom is -0.506 e. The summed E-state index contributed by atoms with van der Waals surface area (Å²) < 4.78 is 22.5. The van der Waals surface area contributed by atoms with Crippen molar-refractivity contribution >= 4 is 22.8 Å². The Morgan fingerprint density at radius 3 is 1.86 bits per heavy atom. The van der Waals surface area contributed by atoms with Crippen LogP contribution in [-0.2, 0) is 10.3 Å². The molecule has 5 rings (SSSR count). The molecule has 0 saturated heterocycles. The predicted octanol–water partition coefficient (Wildman–Crippen LogP) is 5.70. The molecule has 0 spiro atoms. The van der Waals surface area contributed by atoms with Crippen molar-refractivity contribution in [1.82, 2.24) is 0 Å². The van der Waals surface area contributed by atoms with Gasteiger partial charge in [0.15, 0.2) is 5.60 Å². The van der Waals surface area contributed by atoms with Crippen LogP contribution in [0.15, 0.2) is 78.9 Å². The van der Waals surface area contributed by atoms with Crippen LogP contribution in [-0.4, -0.2) is 32.4 Å². The van der Waals surface area contributed by atoms with E-state index >= 15 is 0 Å². The SMILES string of the molecule is COC(=O)c1c2c(c3ccccc3c1O)OC(c1ccc(OC)cc1)(c1ccc(OC)cc1)C=C2. The van der Waals surface area contributed by atoms with Crippen LogP contribution in [0, 0.1) is 0 Å². The molecule has 1 heterocycles. The van der Waals surface area contributed by atoms with Crippen molar-refractivity contribution in [2.75, 3.05) is 21.3 Å². The molecule has 0 radical (unpaired) electrons. The van der Waals surface area contributed by atoms with Gasteiger partial charge in [0.25, 0.3) is 0 Å². The first-order valence-corrected chi connectivity index (χ1v) is 11.1. The van der Waals surface area contributed by atoms with E-state index in [1.165, 1.54) is 7.11 Å². The van der Waals surface area contributed by atoms with Crippen molar-refractivity contribution in [3.8, 4) is 23.0 Å². The standard InChI is InChI=1S/C29H24O6/c1-32-20-12-8-18(9-13-20)29(19-10-14-21(33-2)15-11-19)17-16-24-25(28(31)34-3)26(30)22-6-4-5-7-23(22)27(24)35-29/h4-17,30H,1-3H3. The lowest BCUT2D eigenvalue weighted by molar-refractivity contribution is 0.0596. The van der Waals surface area contributed by atoms with E-state index in [0.29, 0.717) is 22.1 Å². The van der Waals surface area contributed by atoms with E-state index in [4.69, 9.17) is 18.9 Å². The lowest BCUT2D eigenvalue weighted by atomic mass is 9.82. The normalized spacial score (nSPS) is 13.6. The number of methoxy groups -OCH3 is 3. The molecule has 6 heteroatoms. The van der Waals surface area contributed by atoms with Crippen molar-refractivity contribution in [2.45, 2.75) is 5.60 Å². The Balaban J connectivity index is 1.80. The Hall–Kier alpha value is -4.45. The van der Waals surface area contributed by atoms with E-state index in [2.05, 4.69) is 0 Å². The molecule has 0 bridgehead atoms. The zero-order chi connectivity index (χ0) is 24.6. The first-order valence-electron chi connectivity index (χ1n) is 11.1. The van der Waals surface area contributed by atoms with Gasteiger partial charge in [-0.15, -0.1) is 0 Å². The summed E-state index contributed by atoms with van der Waals surface area (Å²) in [4.78, 5) is 12.7. The highest BCUT2D eigenvalue weighted by Crippen LogP contribution is 2.49. The highest BCUT2D eigenvalue weighted by molar-refractivity contribution is 6.08. The average Bonchev–Trinajstić information content (AvgIpc) is 2.93.